The van der Waals surface area contributed by atoms with Crippen LogP contribution in [-0.2, 0) is 4.79 Å². The van der Waals surface area contributed by atoms with Crippen molar-refractivity contribution in [1.82, 2.24) is 14.9 Å². The van der Waals surface area contributed by atoms with Gasteiger partial charge >= 0.3 is 0 Å². The van der Waals surface area contributed by atoms with Crippen LogP contribution in [0.15, 0.2) is 6.33 Å². The summed E-state index contributed by atoms with van der Waals surface area (Å²) in [5.41, 5.74) is 0.733. The Morgan fingerprint density at radius 3 is 2.77 bits per heavy atom. The number of carbonyl (C=O) groups excluding carboxylic acids is 1. The maximum absolute atomic E-state index is 11.7. The monoisotopic (exact) mass is 360 g/mol. The Morgan fingerprint density at radius 1 is 1.31 bits per heavy atom. The van der Waals surface area contributed by atoms with Gasteiger partial charge in [-0.1, -0.05) is 20.8 Å². The SMILES string of the molecule is CCN(CCC1CCN(c2ncnc3c2NC(=O)CN3)CC1)CC(C)C. The second kappa shape index (κ2) is 8.66. The van der Waals surface area contributed by atoms with Crippen LogP contribution in [0.4, 0.5) is 17.3 Å². The van der Waals surface area contributed by atoms with Gasteiger partial charge in [0.25, 0.3) is 0 Å². The van der Waals surface area contributed by atoms with Gasteiger partial charge in [-0.3, -0.25) is 4.79 Å². The average molecular weight is 361 g/mol. The van der Waals surface area contributed by atoms with Crippen molar-refractivity contribution in [3.63, 3.8) is 0 Å². The van der Waals surface area contributed by atoms with Crippen LogP contribution in [0.3, 0.4) is 0 Å². The second-order valence-electron chi connectivity index (χ2n) is 7.83. The zero-order chi connectivity index (χ0) is 18.5. The minimum absolute atomic E-state index is 0.0340. The highest BCUT2D eigenvalue weighted by Gasteiger charge is 2.26. The summed E-state index contributed by atoms with van der Waals surface area (Å²) in [7, 11) is 0. The Labute approximate surface area is 156 Å². The maximum atomic E-state index is 11.7. The van der Waals surface area contributed by atoms with Gasteiger partial charge in [-0.2, -0.15) is 0 Å². The molecule has 1 aromatic rings. The first-order valence-corrected chi connectivity index (χ1v) is 9.92. The molecule has 1 fully saturated rings. The van der Waals surface area contributed by atoms with E-state index in [-0.39, 0.29) is 12.5 Å². The molecule has 0 unspecified atom stereocenters. The fraction of sp³-hybridized carbons (Fsp3) is 0.737. The highest BCUT2D eigenvalue weighted by Crippen LogP contribution is 2.34. The summed E-state index contributed by atoms with van der Waals surface area (Å²) < 4.78 is 0. The van der Waals surface area contributed by atoms with Crippen LogP contribution in [-0.4, -0.2) is 60.0 Å². The maximum Gasteiger partial charge on any atom is 0.243 e. The number of aromatic nitrogens is 2. The second-order valence-corrected chi connectivity index (χ2v) is 7.83. The predicted molar refractivity (Wildman–Crippen MR) is 106 cm³/mol. The number of piperidine rings is 1. The van der Waals surface area contributed by atoms with E-state index < -0.39 is 0 Å². The van der Waals surface area contributed by atoms with E-state index in [1.54, 1.807) is 6.33 Å². The minimum atomic E-state index is -0.0340. The number of fused-ring (bicyclic) bond motifs is 1. The fourth-order valence-corrected chi connectivity index (χ4v) is 3.91. The Hall–Kier alpha value is -1.89. The zero-order valence-electron chi connectivity index (χ0n) is 16.3. The number of nitrogens with zero attached hydrogens (tertiary/aromatic N) is 4. The molecule has 2 aliphatic heterocycles. The van der Waals surface area contributed by atoms with Gasteiger partial charge in [0.15, 0.2) is 11.6 Å². The van der Waals surface area contributed by atoms with Crippen molar-refractivity contribution >= 4 is 23.2 Å². The van der Waals surface area contributed by atoms with Crippen molar-refractivity contribution in [1.29, 1.82) is 0 Å². The molecular formula is C19H32N6O. The molecular weight excluding hydrogens is 328 g/mol. The molecule has 0 saturated carbocycles. The predicted octanol–water partition coefficient (Wildman–Crippen LogP) is 2.42. The van der Waals surface area contributed by atoms with E-state index in [4.69, 9.17) is 0 Å². The number of nitrogens with one attached hydrogen (secondary N) is 2. The van der Waals surface area contributed by atoms with E-state index in [0.29, 0.717) is 0 Å². The lowest BCUT2D eigenvalue weighted by molar-refractivity contribution is -0.114. The molecule has 3 heterocycles. The third kappa shape index (κ3) is 4.63. The molecule has 1 amide bonds. The van der Waals surface area contributed by atoms with Gasteiger partial charge in [0.05, 0.1) is 6.54 Å². The zero-order valence-corrected chi connectivity index (χ0v) is 16.3. The molecule has 26 heavy (non-hydrogen) atoms. The normalized spacial score (nSPS) is 18.0. The number of anilines is 3. The van der Waals surface area contributed by atoms with Crippen LogP contribution < -0.4 is 15.5 Å². The van der Waals surface area contributed by atoms with Gasteiger partial charge < -0.3 is 20.4 Å². The van der Waals surface area contributed by atoms with E-state index in [2.05, 4.69) is 51.2 Å². The van der Waals surface area contributed by atoms with Crippen molar-refractivity contribution in [2.45, 2.75) is 40.0 Å². The highest BCUT2D eigenvalue weighted by atomic mass is 16.2. The lowest BCUT2D eigenvalue weighted by Crippen LogP contribution is -2.38. The summed E-state index contributed by atoms with van der Waals surface area (Å²) in [6, 6.07) is 0. The number of hydrogen-bond acceptors (Lipinski definition) is 6. The quantitative estimate of drug-likeness (QED) is 0.778. The molecule has 7 heteroatoms. The van der Waals surface area contributed by atoms with Gasteiger partial charge in [0, 0.05) is 19.6 Å². The van der Waals surface area contributed by atoms with E-state index in [1.807, 2.05) is 0 Å². The largest absolute Gasteiger partial charge is 0.359 e. The van der Waals surface area contributed by atoms with Crippen LogP contribution in [0, 0.1) is 11.8 Å². The Kier molecular flexibility index (Phi) is 6.29. The number of rotatable bonds is 7. The van der Waals surface area contributed by atoms with Crippen LogP contribution >= 0.6 is 0 Å². The summed E-state index contributed by atoms with van der Waals surface area (Å²) in [5, 5.41) is 5.99. The van der Waals surface area contributed by atoms with Crippen molar-refractivity contribution < 1.29 is 4.79 Å². The smallest absolute Gasteiger partial charge is 0.243 e. The Balaban J connectivity index is 1.54. The molecule has 3 rings (SSSR count). The first-order valence-electron chi connectivity index (χ1n) is 9.92. The lowest BCUT2D eigenvalue weighted by atomic mass is 9.93. The van der Waals surface area contributed by atoms with Crippen LogP contribution in [0.1, 0.15) is 40.0 Å². The Bertz CT molecular complexity index is 612. The standard InChI is InChI=1S/C19H32N6O/c1-4-24(12-14(2)3)8-5-15-6-9-25(10-7-15)19-17-18(21-13-22-19)20-11-16(26)23-17/h13-15H,4-12H2,1-3H3,(H,23,26)(H,20,21,22). The number of hydrogen-bond donors (Lipinski definition) is 2. The van der Waals surface area contributed by atoms with Crippen LogP contribution in [0.25, 0.3) is 0 Å². The molecule has 7 nitrogen and oxygen atoms in total. The first kappa shape index (κ1) is 18.9. The van der Waals surface area contributed by atoms with Gasteiger partial charge in [0.1, 0.15) is 12.0 Å². The lowest BCUT2D eigenvalue weighted by Gasteiger charge is -2.35. The van der Waals surface area contributed by atoms with Gasteiger partial charge in [0.2, 0.25) is 5.91 Å². The van der Waals surface area contributed by atoms with E-state index in [0.717, 1.165) is 48.8 Å². The molecule has 2 aliphatic rings. The van der Waals surface area contributed by atoms with Gasteiger partial charge in [-0.15, -0.1) is 0 Å². The molecule has 0 spiro atoms. The molecule has 144 valence electrons. The third-order valence-corrected chi connectivity index (χ3v) is 5.35. The highest BCUT2D eigenvalue weighted by molar-refractivity contribution is 6.02. The molecule has 0 radical (unpaired) electrons. The molecule has 0 atom stereocenters. The van der Waals surface area contributed by atoms with Gasteiger partial charge in [-0.05, 0) is 44.2 Å². The summed E-state index contributed by atoms with van der Waals surface area (Å²) in [4.78, 5) is 25.3. The van der Waals surface area contributed by atoms with Crippen molar-refractivity contribution in [3.8, 4) is 0 Å². The molecule has 0 bridgehead atoms. The molecule has 0 aromatic carbocycles. The number of carbonyl (C=O) groups is 1. The average Bonchev–Trinajstić information content (AvgIpc) is 2.65. The number of amides is 1. The molecule has 1 saturated heterocycles. The first-order chi connectivity index (χ1) is 12.6. The van der Waals surface area contributed by atoms with E-state index in [9.17, 15) is 4.79 Å². The third-order valence-electron chi connectivity index (χ3n) is 5.35. The van der Waals surface area contributed by atoms with Crippen LogP contribution in [0.2, 0.25) is 0 Å². The van der Waals surface area contributed by atoms with Crippen molar-refractivity contribution in [2.24, 2.45) is 11.8 Å². The summed E-state index contributed by atoms with van der Waals surface area (Å²) >= 11 is 0. The van der Waals surface area contributed by atoms with E-state index >= 15 is 0 Å². The Morgan fingerprint density at radius 2 is 2.08 bits per heavy atom. The molecule has 2 N–H and O–H groups in total. The van der Waals surface area contributed by atoms with Crippen molar-refractivity contribution in [2.75, 3.05) is 54.8 Å². The summed E-state index contributed by atoms with van der Waals surface area (Å²) in [5.74, 6) is 3.05. The molecule has 0 aliphatic carbocycles. The van der Waals surface area contributed by atoms with E-state index in [1.165, 1.54) is 32.4 Å². The molecule has 1 aromatic heterocycles. The topological polar surface area (TPSA) is 73.4 Å². The van der Waals surface area contributed by atoms with Crippen molar-refractivity contribution in [3.05, 3.63) is 6.33 Å². The summed E-state index contributed by atoms with van der Waals surface area (Å²) in [6.07, 6.45) is 5.21. The fourth-order valence-electron chi connectivity index (χ4n) is 3.91. The van der Waals surface area contributed by atoms with Gasteiger partial charge in [-0.25, -0.2) is 9.97 Å². The minimum Gasteiger partial charge on any atom is -0.359 e. The van der Waals surface area contributed by atoms with Crippen LogP contribution in [0.5, 0.6) is 0 Å². The summed E-state index contributed by atoms with van der Waals surface area (Å²) in [6.45, 7) is 12.6.